The van der Waals surface area contributed by atoms with Crippen LogP contribution in [0.3, 0.4) is 0 Å². The maximum Gasteiger partial charge on any atom is 0.308 e. The minimum absolute atomic E-state index is 0.0349. The average Bonchev–Trinajstić information content (AvgIpc) is 2.79. The van der Waals surface area contributed by atoms with Gasteiger partial charge in [-0.2, -0.15) is 0 Å². The van der Waals surface area contributed by atoms with Crippen molar-refractivity contribution in [2.75, 3.05) is 0 Å². The molecule has 0 fully saturated rings. The summed E-state index contributed by atoms with van der Waals surface area (Å²) in [5.74, 6) is -0.119. The van der Waals surface area contributed by atoms with Crippen LogP contribution in [-0.2, 0) is 26.0 Å². The molecule has 178 valence electrons. The molecule has 3 aromatic rings. The second-order valence-corrected chi connectivity index (χ2v) is 10.5. The van der Waals surface area contributed by atoms with E-state index in [-0.39, 0.29) is 11.3 Å². The number of fused-ring (bicyclic) bond motifs is 2. The topological polar surface area (TPSA) is 98.8 Å². The zero-order valence-electron chi connectivity index (χ0n) is 19.8. The van der Waals surface area contributed by atoms with Gasteiger partial charge in [-0.1, -0.05) is 36.4 Å². The predicted molar refractivity (Wildman–Crippen MR) is 129 cm³/mol. The van der Waals surface area contributed by atoms with Crippen molar-refractivity contribution >= 4 is 32.7 Å². The van der Waals surface area contributed by atoms with Crippen molar-refractivity contribution in [1.29, 1.82) is 0 Å². The summed E-state index contributed by atoms with van der Waals surface area (Å²) in [5, 5.41) is 1.29. The zero-order valence-corrected chi connectivity index (χ0v) is 20.6. The van der Waals surface area contributed by atoms with Crippen LogP contribution in [0.25, 0.3) is 10.8 Å². The van der Waals surface area contributed by atoms with Gasteiger partial charge in [-0.15, -0.1) is 0 Å². The van der Waals surface area contributed by atoms with Crippen molar-refractivity contribution in [2.24, 2.45) is 0 Å². The van der Waals surface area contributed by atoms with Gasteiger partial charge in [0.1, 0.15) is 11.5 Å². The molecular weight excluding hydrogens is 454 g/mol. The quantitative estimate of drug-likeness (QED) is 0.441. The number of sulfonamides is 1. The highest BCUT2D eigenvalue weighted by Gasteiger charge is 2.42. The first kappa shape index (κ1) is 23.8. The SMILES string of the molecule is CC(=O)Oc1c(C)c(C)c2c(c1C)CCC(C)(C(=O)NS(=O)(=O)c1cccc3ccccc13)O2. The van der Waals surface area contributed by atoms with E-state index in [0.717, 1.165) is 27.6 Å². The zero-order chi connectivity index (χ0) is 24.8. The van der Waals surface area contributed by atoms with Crippen molar-refractivity contribution in [3.63, 3.8) is 0 Å². The number of rotatable bonds is 4. The van der Waals surface area contributed by atoms with Crippen LogP contribution in [0.5, 0.6) is 11.5 Å². The summed E-state index contributed by atoms with van der Waals surface area (Å²) in [5.41, 5.74) is 1.71. The Morgan fingerprint density at radius 3 is 2.38 bits per heavy atom. The van der Waals surface area contributed by atoms with Gasteiger partial charge in [-0.25, -0.2) is 13.1 Å². The van der Waals surface area contributed by atoms with Gasteiger partial charge in [-0.05, 0) is 62.3 Å². The van der Waals surface area contributed by atoms with E-state index in [0.29, 0.717) is 23.3 Å². The van der Waals surface area contributed by atoms with Gasteiger partial charge < -0.3 is 9.47 Å². The van der Waals surface area contributed by atoms with Crippen LogP contribution in [0, 0.1) is 20.8 Å². The third-order valence-electron chi connectivity index (χ3n) is 6.48. The van der Waals surface area contributed by atoms with Crippen LogP contribution in [0.4, 0.5) is 0 Å². The summed E-state index contributed by atoms with van der Waals surface area (Å²) in [6, 6.07) is 12.0. The van der Waals surface area contributed by atoms with Gasteiger partial charge in [0.2, 0.25) is 0 Å². The maximum atomic E-state index is 13.3. The molecule has 1 aliphatic heterocycles. The average molecular weight is 482 g/mol. The summed E-state index contributed by atoms with van der Waals surface area (Å²) in [6.07, 6.45) is 0.731. The maximum absolute atomic E-state index is 13.3. The summed E-state index contributed by atoms with van der Waals surface area (Å²) in [7, 11) is -4.13. The molecule has 0 spiro atoms. The summed E-state index contributed by atoms with van der Waals surface area (Å²) >= 11 is 0. The summed E-state index contributed by atoms with van der Waals surface area (Å²) in [6.45, 7) is 8.44. The molecular formula is C26H27NO6S. The van der Waals surface area contributed by atoms with Crippen LogP contribution in [0.15, 0.2) is 47.4 Å². The smallest absolute Gasteiger partial charge is 0.308 e. The number of hydrogen-bond donors (Lipinski definition) is 1. The van der Waals surface area contributed by atoms with E-state index >= 15 is 0 Å². The molecule has 1 N–H and O–H groups in total. The van der Waals surface area contributed by atoms with Gasteiger partial charge in [0.05, 0.1) is 4.90 Å². The predicted octanol–water partition coefficient (Wildman–Crippen LogP) is 4.28. The molecule has 0 aliphatic carbocycles. The second-order valence-electron chi connectivity index (χ2n) is 8.85. The normalized spacial score (nSPS) is 17.6. The highest BCUT2D eigenvalue weighted by atomic mass is 32.2. The molecule has 0 radical (unpaired) electrons. The minimum atomic E-state index is -4.13. The van der Waals surface area contributed by atoms with Crippen LogP contribution in [0.2, 0.25) is 0 Å². The van der Waals surface area contributed by atoms with Gasteiger partial charge in [0, 0.05) is 24.3 Å². The van der Waals surface area contributed by atoms with Gasteiger partial charge in [-0.3, -0.25) is 9.59 Å². The van der Waals surface area contributed by atoms with Crippen molar-refractivity contribution in [3.8, 4) is 11.5 Å². The standard InChI is InChI=1S/C26H27NO6S/c1-15-16(2)24-20(17(3)23(15)32-18(4)28)13-14-26(5,33-24)25(29)27-34(30,31)22-12-8-10-19-9-6-7-11-21(19)22/h6-12H,13-14H2,1-5H3,(H,27,29). The Labute approximate surface area is 199 Å². The number of nitrogens with one attached hydrogen (secondary N) is 1. The third-order valence-corrected chi connectivity index (χ3v) is 7.87. The molecule has 1 heterocycles. The fraction of sp³-hybridized carbons (Fsp3) is 0.308. The number of carbonyl (C=O) groups excluding carboxylic acids is 2. The Morgan fingerprint density at radius 2 is 1.68 bits per heavy atom. The van der Waals surface area contributed by atoms with Crippen LogP contribution in [-0.4, -0.2) is 25.9 Å². The lowest BCUT2D eigenvalue weighted by molar-refractivity contribution is -0.135. The molecule has 1 atom stereocenters. The molecule has 1 amide bonds. The van der Waals surface area contributed by atoms with Crippen molar-refractivity contribution < 1.29 is 27.5 Å². The lowest BCUT2D eigenvalue weighted by atomic mass is 9.87. The molecule has 3 aromatic carbocycles. The molecule has 1 unspecified atom stereocenters. The molecule has 7 nitrogen and oxygen atoms in total. The number of benzene rings is 3. The van der Waals surface area contributed by atoms with Crippen LogP contribution in [0.1, 0.15) is 42.5 Å². The van der Waals surface area contributed by atoms with Gasteiger partial charge in [0.25, 0.3) is 15.9 Å². The fourth-order valence-corrected chi connectivity index (χ4v) is 5.71. The largest absolute Gasteiger partial charge is 0.477 e. The van der Waals surface area contributed by atoms with Gasteiger partial charge in [0.15, 0.2) is 5.60 Å². The Balaban J connectivity index is 1.67. The van der Waals surface area contributed by atoms with Crippen LogP contribution < -0.4 is 14.2 Å². The molecule has 34 heavy (non-hydrogen) atoms. The number of ether oxygens (including phenoxy) is 2. The van der Waals surface area contributed by atoms with Crippen molar-refractivity contribution in [3.05, 3.63) is 64.7 Å². The molecule has 4 rings (SSSR count). The molecule has 0 bridgehead atoms. The Hall–Kier alpha value is -3.39. The van der Waals surface area contributed by atoms with Gasteiger partial charge >= 0.3 is 5.97 Å². The van der Waals surface area contributed by atoms with E-state index in [2.05, 4.69) is 4.72 Å². The van der Waals surface area contributed by atoms with Crippen LogP contribution >= 0.6 is 0 Å². The highest BCUT2D eigenvalue weighted by Crippen LogP contribution is 2.44. The first-order valence-corrected chi connectivity index (χ1v) is 12.5. The van der Waals surface area contributed by atoms with Crippen molar-refractivity contribution in [1.82, 2.24) is 4.72 Å². The Bertz CT molecular complexity index is 1440. The van der Waals surface area contributed by atoms with E-state index in [1.54, 1.807) is 25.1 Å². The molecule has 1 aliphatic rings. The number of hydrogen-bond acceptors (Lipinski definition) is 6. The molecule has 0 aromatic heterocycles. The van der Waals surface area contributed by atoms with E-state index in [4.69, 9.17) is 9.47 Å². The summed E-state index contributed by atoms with van der Waals surface area (Å²) in [4.78, 5) is 24.9. The first-order valence-electron chi connectivity index (χ1n) is 11.0. The van der Waals surface area contributed by atoms with E-state index in [1.165, 1.54) is 13.0 Å². The lowest BCUT2D eigenvalue weighted by Gasteiger charge is -2.36. The van der Waals surface area contributed by atoms with E-state index in [9.17, 15) is 18.0 Å². The number of amides is 1. The Morgan fingerprint density at radius 1 is 1.00 bits per heavy atom. The fourth-order valence-electron chi connectivity index (χ4n) is 4.41. The highest BCUT2D eigenvalue weighted by molar-refractivity contribution is 7.90. The second kappa shape index (κ2) is 8.43. The van der Waals surface area contributed by atoms with E-state index in [1.807, 2.05) is 39.0 Å². The van der Waals surface area contributed by atoms with E-state index < -0.39 is 27.5 Å². The number of carbonyl (C=O) groups is 2. The minimum Gasteiger partial charge on any atom is -0.477 e. The first-order chi connectivity index (χ1) is 15.9. The molecule has 8 heteroatoms. The monoisotopic (exact) mass is 481 g/mol. The molecule has 0 saturated carbocycles. The molecule has 0 saturated heterocycles. The van der Waals surface area contributed by atoms with Crippen molar-refractivity contribution in [2.45, 2.75) is 58.0 Å². The Kier molecular flexibility index (Phi) is 5.89. The third kappa shape index (κ3) is 4.03. The number of esters is 1. The lowest BCUT2D eigenvalue weighted by Crippen LogP contribution is -2.52. The summed E-state index contributed by atoms with van der Waals surface area (Å²) < 4.78 is 40.2.